The molecule has 1 aromatic carbocycles. The van der Waals surface area contributed by atoms with Crippen LogP contribution in [0, 0.1) is 0 Å². The first-order valence-corrected chi connectivity index (χ1v) is 5.85. The second-order valence-corrected chi connectivity index (χ2v) is 4.08. The number of ether oxygens (including phenoxy) is 1. The van der Waals surface area contributed by atoms with E-state index in [4.69, 9.17) is 5.73 Å². The molecule has 0 bridgehead atoms. The van der Waals surface area contributed by atoms with Crippen LogP contribution in [0.3, 0.4) is 0 Å². The normalized spacial score (nSPS) is 12.4. The van der Waals surface area contributed by atoms with Crippen LogP contribution in [0.1, 0.15) is 17.3 Å². The van der Waals surface area contributed by atoms with Gasteiger partial charge in [-0.25, -0.2) is 0 Å². The van der Waals surface area contributed by atoms with Crippen LogP contribution in [-0.2, 0) is 6.42 Å². The minimum atomic E-state index is -2.83. The number of hydrogen-bond acceptors (Lipinski definition) is 3. The van der Waals surface area contributed by atoms with Crippen LogP contribution >= 0.6 is 0 Å². The third-order valence-electron chi connectivity index (χ3n) is 2.67. The van der Waals surface area contributed by atoms with Gasteiger partial charge in [-0.1, -0.05) is 18.2 Å². The highest BCUT2D eigenvalue weighted by Gasteiger charge is 2.10. The lowest BCUT2D eigenvalue weighted by Crippen LogP contribution is -2.14. The summed E-state index contributed by atoms with van der Waals surface area (Å²) < 4.78 is 28.6. The van der Waals surface area contributed by atoms with Crippen molar-refractivity contribution >= 4 is 0 Å². The van der Waals surface area contributed by atoms with Gasteiger partial charge >= 0.3 is 6.61 Å². The van der Waals surface area contributed by atoms with E-state index >= 15 is 0 Å². The quantitative estimate of drug-likeness (QED) is 0.903. The molecule has 1 heterocycles. The van der Waals surface area contributed by atoms with Gasteiger partial charge in [-0.05, 0) is 29.8 Å². The first kappa shape index (κ1) is 13.4. The summed E-state index contributed by atoms with van der Waals surface area (Å²) in [7, 11) is 0. The van der Waals surface area contributed by atoms with Crippen LogP contribution in [0.2, 0.25) is 0 Å². The third kappa shape index (κ3) is 3.99. The molecular weight excluding hydrogens is 250 g/mol. The molecule has 0 amide bonds. The van der Waals surface area contributed by atoms with Gasteiger partial charge in [-0.3, -0.25) is 4.98 Å². The van der Waals surface area contributed by atoms with Gasteiger partial charge in [0.25, 0.3) is 0 Å². The lowest BCUT2D eigenvalue weighted by atomic mass is 10.0. The number of nitrogens with two attached hydrogens (primary N) is 1. The Morgan fingerprint density at radius 1 is 1.16 bits per heavy atom. The van der Waals surface area contributed by atoms with Gasteiger partial charge in [0.1, 0.15) is 5.75 Å². The Morgan fingerprint density at radius 3 is 2.68 bits per heavy atom. The third-order valence-corrected chi connectivity index (χ3v) is 2.67. The molecule has 0 saturated carbocycles. The number of nitrogens with zero attached hydrogens (tertiary/aromatic N) is 1. The first-order valence-electron chi connectivity index (χ1n) is 5.85. The summed E-state index contributed by atoms with van der Waals surface area (Å²) in [6.07, 6.45) is 2.23. The van der Waals surface area contributed by atoms with Crippen LogP contribution in [0.15, 0.2) is 48.7 Å². The monoisotopic (exact) mass is 264 g/mol. The molecule has 19 heavy (non-hydrogen) atoms. The van der Waals surface area contributed by atoms with Gasteiger partial charge in [0.2, 0.25) is 0 Å². The Morgan fingerprint density at radius 2 is 2.00 bits per heavy atom. The van der Waals surface area contributed by atoms with Crippen LogP contribution in [0.25, 0.3) is 0 Å². The van der Waals surface area contributed by atoms with Gasteiger partial charge in [0, 0.05) is 24.4 Å². The van der Waals surface area contributed by atoms with E-state index in [2.05, 4.69) is 9.72 Å². The lowest BCUT2D eigenvalue weighted by Gasteiger charge is -2.13. The molecular formula is C14H14F2N2O. The molecule has 1 unspecified atom stereocenters. The fraction of sp³-hybridized carbons (Fsp3) is 0.214. The molecule has 1 atom stereocenters. The minimum Gasteiger partial charge on any atom is -0.435 e. The van der Waals surface area contributed by atoms with Gasteiger partial charge in [-0.2, -0.15) is 8.78 Å². The smallest absolute Gasteiger partial charge is 0.387 e. The van der Waals surface area contributed by atoms with Crippen molar-refractivity contribution in [1.82, 2.24) is 4.98 Å². The number of halogens is 2. The van der Waals surface area contributed by atoms with E-state index < -0.39 is 6.61 Å². The highest BCUT2D eigenvalue weighted by Crippen LogP contribution is 2.21. The van der Waals surface area contributed by atoms with E-state index in [0.29, 0.717) is 6.42 Å². The first-order chi connectivity index (χ1) is 9.15. The van der Waals surface area contributed by atoms with Gasteiger partial charge in [-0.15, -0.1) is 0 Å². The molecule has 5 heteroatoms. The van der Waals surface area contributed by atoms with Crippen molar-refractivity contribution in [2.45, 2.75) is 19.1 Å². The molecule has 2 N–H and O–H groups in total. The van der Waals surface area contributed by atoms with Crippen molar-refractivity contribution in [2.75, 3.05) is 0 Å². The standard InChI is InChI=1S/C14H14F2N2O/c15-14(16)19-12-6-3-4-10(8-12)13(17)9-11-5-1-2-7-18-11/h1-8,13-14H,9,17H2. The minimum absolute atomic E-state index is 0.115. The predicted molar refractivity (Wildman–Crippen MR) is 67.9 cm³/mol. The Bertz CT molecular complexity index is 520. The number of rotatable bonds is 5. The van der Waals surface area contributed by atoms with E-state index in [9.17, 15) is 8.78 Å². The summed E-state index contributed by atoms with van der Waals surface area (Å²) in [5.41, 5.74) is 7.64. The SMILES string of the molecule is NC(Cc1ccccn1)c1cccc(OC(F)F)c1. The molecule has 0 radical (unpaired) electrons. The summed E-state index contributed by atoms with van der Waals surface area (Å²) in [5, 5.41) is 0. The fourth-order valence-electron chi connectivity index (χ4n) is 1.78. The Kier molecular flexibility index (Phi) is 4.41. The number of alkyl halides is 2. The van der Waals surface area contributed by atoms with Gasteiger partial charge < -0.3 is 10.5 Å². The van der Waals surface area contributed by atoms with E-state index in [-0.39, 0.29) is 11.8 Å². The van der Waals surface area contributed by atoms with Crippen molar-refractivity contribution in [1.29, 1.82) is 0 Å². The zero-order chi connectivity index (χ0) is 13.7. The molecule has 1 aromatic heterocycles. The van der Waals surface area contributed by atoms with E-state index in [1.54, 1.807) is 18.3 Å². The lowest BCUT2D eigenvalue weighted by molar-refractivity contribution is -0.0499. The average Bonchev–Trinajstić information content (AvgIpc) is 2.39. The average molecular weight is 264 g/mol. The second kappa shape index (κ2) is 6.24. The highest BCUT2D eigenvalue weighted by atomic mass is 19.3. The zero-order valence-electron chi connectivity index (χ0n) is 10.2. The van der Waals surface area contributed by atoms with Crippen molar-refractivity contribution in [3.05, 3.63) is 59.9 Å². The van der Waals surface area contributed by atoms with E-state index in [1.165, 1.54) is 12.1 Å². The Hall–Kier alpha value is -2.01. The summed E-state index contributed by atoms with van der Waals surface area (Å²) in [6.45, 7) is -2.83. The van der Waals surface area contributed by atoms with Crippen LogP contribution in [-0.4, -0.2) is 11.6 Å². The summed E-state index contributed by atoms with van der Waals surface area (Å²) in [5.74, 6) is 0.115. The van der Waals surface area contributed by atoms with Gasteiger partial charge in [0.15, 0.2) is 0 Å². The van der Waals surface area contributed by atoms with Crippen LogP contribution < -0.4 is 10.5 Å². The molecule has 0 aliphatic rings. The molecule has 0 saturated heterocycles. The van der Waals surface area contributed by atoms with Crippen molar-refractivity contribution < 1.29 is 13.5 Å². The maximum absolute atomic E-state index is 12.1. The van der Waals surface area contributed by atoms with E-state index in [0.717, 1.165) is 11.3 Å². The topological polar surface area (TPSA) is 48.1 Å². The largest absolute Gasteiger partial charge is 0.435 e. The van der Waals surface area contributed by atoms with Crippen LogP contribution in [0.4, 0.5) is 8.78 Å². The summed E-state index contributed by atoms with van der Waals surface area (Å²) in [6, 6.07) is 11.7. The molecule has 2 aromatic rings. The van der Waals surface area contributed by atoms with Crippen molar-refractivity contribution in [3.8, 4) is 5.75 Å². The summed E-state index contributed by atoms with van der Waals surface area (Å²) in [4.78, 5) is 4.18. The summed E-state index contributed by atoms with van der Waals surface area (Å²) >= 11 is 0. The van der Waals surface area contributed by atoms with Gasteiger partial charge in [0.05, 0.1) is 0 Å². The number of benzene rings is 1. The number of pyridine rings is 1. The fourth-order valence-corrected chi connectivity index (χ4v) is 1.78. The molecule has 100 valence electrons. The Labute approximate surface area is 110 Å². The molecule has 0 aliphatic carbocycles. The van der Waals surface area contributed by atoms with Crippen molar-refractivity contribution in [2.24, 2.45) is 5.73 Å². The molecule has 0 spiro atoms. The maximum atomic E-state index is 12.1. The van der Waals surface area contributed by atoms with Crippen LogP contribution in [0.5, 0.6) is 5.75 Å². The molecule has 2 rings (SSSR count). The van der Waals surface area contributed by atoms with Crippen molar-refractivity contribution in [3.63, 3.8) is 0 Å². The maximum Gasteiger partial charge on any atom is 0.387 e. The second-order valence-electron chi connectivity index (χ2n) is 4.08. The molecule has 0 aliphatic heterocycles. The molecule has 0 fully saturated rings. The molecule has 3 nitrogen and oxygen atoms in total. The van der Waals surface area contributed by atoms with E-state index in [1.807, 2.05) is 18.2 Å². The highest BCUT2D eigenvalue weighted by molar-refractivity contribution is 5.31. The number of aromatic nitrogens is 1. The predicted octanol–water partition coefficient (Wildman–Crippen LogP) is 2.93. The zero-order valence-corrected chi connectivity index (χ0v) is 10.2. The number of hydrogen-bond donors (Lipinski definition) is 1. The Balaban J connectivity index is 2.08.